The van der Waals surface area contributed by atoms with E-state index < -0.39 is 12.1 Å². The summed E-state index contributed by atoms with van der Waals surface area (Å²) in [5, 5.41) is 15.5. The van der Waals surface area contributed by atoms with Crippen LogP contribution in [0.1, 0.15) is 32.3 Å². The van der Waals surface area contributed by atoms with Crippen molar-refractivity contribution in [1.29, 1.82) is 0 Å². The molecule has 1 aromatic carbocycles. The van der Waals surface area contributed by atoms with Crippen LogP contribution in [0.5, 0.6) is 0 Å². The molecule has 1 fully saturated rings. The number of alkyl halides is 3. The van der Waals surface area contributed by atoms with Crippen molar-refractivity contribution in [2.75, 3.05) is 13.2 Å². The van der Waals surface area contributed by atoms with Crippen molar-refractivity contribution in [3.05, 3.63) is 65.4 Å². The van der Waals surface area contributed by atoms with Gasteiger partial charge < -0.3 is 19.4 Å². The normalized spacial score (nSPS) is 20.1. The van der Waals surface area contributed by atoms with E-state index in [0.717, 1.165) is 35.8 Å². The van der Waals surface area contributed by atoms with Gasteiger partial charge in [0.2, 0.25) is 0 Å². The Hall–Kier alpha value is -4.09. The minimum atomic E-state index is -5.19. The minimum Gasteiger partial charge on any atom is -0.542 e. The topological polar surface area (TPSA) is 120 Å². The summed E-state index contributed by atoms with van der Waals surface area (Å²) >= 11 is 0. The van der Waals surface area contributed by atoms with Crippen LogP contribution in [0.4, 0.5) is 13.2 Å². The van der Waals surface area contributed by atoms with Crippen LogP contribution in [0.3, 0.4) is 0 Å². The van der Waals surface area contributed by atoms with Gasteiger partial charge in [0, 0.05) is 5.56 Å². The maximum atomic E-state index is 13.0. The fourth-order valence-corrected chi connectivity index (χ4v) is 4.48. The lowest BCUT2D eigenvalue weighted by Crippen LogP contribution is -2.56. The van der Waals surface area contributed by atoms with Gasteiger partial charge in [0.25, 0.3) is 0 Å². The fourth-order valence-electron chi connectivity index (χ4n) is 4.48. The Morgan fingerprint density at radius 2 is 1.65 bits per heavy atom. The highest BCUT2D eigenvalue weighted by molar-refractivity contribution is 6.04. The SMILES string of the molecule is C=CCOC(=O)C1=C(C)NC2=[N+]3[C@H](CC[C@@H]13)C(C(=O)OCC)=C(c1ccccc1)N2.O=C([O-])C(F)(F)F. The van der Waals surface area contributed by atoms with Crippen LogP contribution < -0.4 is 15.7 Å². The summed E-state index contributed by atoms with van der Waals surface area (Å²) < 4.78 is 44.4. The van der Waals surface area contributed by atoms with Crippen LogP contribution in [0, 0.1) is 0 Å². The number of halogens is 3. The molecule has 198 valence electrons. The molecule has 1 aromatic rings. The van der Waals surface area contributed by atoms with Gasteiger partial charge in [-0.15, -0.1) is 0 Å². The second-order valence-corrected chi connectivity index (χ2v) is 8.20. The molecule has 0 spiro atoms. The predicted molar refractivity (Wildman–Crippen MR) is 123 cm³/mol. The first-order valence-electron chi connectivity index (χ1n) is 11.4. The van der Waals surface area contributed by atoms with Gasteiger partial charge in [-0.2, -0.15) is 13.2 Å². The second-order valence-electron chi connectivity index (χ2n) is 8.20. The second kappa shape index (κ2) is 11.3. The molecular formula is C25H26F3N3O6. The molecule has 2 atom stereocenters. The number of hydrogen-bond donors (Lipinski definition) is 2. The highest BCUT2D eigenvalue weighted by Gasteiger charge is 2.51. The molecule has 0 aliphatic carbocycles. The Labute approximate surface area is 210 Å². The summed E-state index contributed by atoms with van der Waals surface area (Å²) in [4.78, 5) is 34.5. The Balaban J connectivity index is 0.000000479. The molecule has 1 saturated heterocycles. The molecule has 0 aromatic heterocycles. The zero-order valence-electron chi connectivity index (χ0n) is 20.2. The Kier molecular flexibility index (Phi) is 8.41. The zero-order chi connectivity index (χ0) is 27.3. The molecule has 9 nitrogen and oxygen atoms in total. The lowest BCUT2D eigenvalue weighted by Gasteiger charge is -2.32. The van der Waals surface area contributed by atoms with Crippen LogP contribution in [0.2, 0.25) is 0 Å². The number of allylic oxidation sites excluding steroid dienone is 1. The van der Waals surface area contributed by atoms with Gasteiger partial charge in [-0.3, -0.25) is 0 Å². The van der Waals surface area contributed by atoms with Gasteiger partial charge in [0.05, 0.1) is 12.3 Å². The molecule has 0 amide bonds. The van der Waals surface area contributed by atoms with Crippen LogP contribution in [0.15, 0.2) is 59.8 Å². The first-order chi connectivity index (χ1) is 17.5. The highest BCUT2D eigenvalue weighted by Crippen LogP contribution is 2.37. The van der Waals surface area contributed by atoms with E-state index in [0.29, 0.717) is 17.8 Å². The largest absolute Gasteiger partial charge is 0.542 e. The first kappa shape index (κ1) is 27.5. The van der Waals surface area contributed by atoms with E-state index in [2.05, 4.69) is 21.8 Å². The maximum absolute atomic E-state index is 13.0. The summed E-state index contributed by atoms with van der Waals surface area (Å²) in [6, 6.07) is 9.39. The highest BCUT2D eigenvalue weighted by atomic mass is 19.4. The Morgan fingerprint density at radius 1 is 1.08 bits per heavy atom. The zero-order valence-corrected chi connectivity index (χ0v) is 20.2. The molecule has 37 heavy (non-hydrogen) atoms. The average Bonchev–Trinajstić information content (AvgIpc) is 3.28. The number of carboxylic acid groups (broad SMARTS) is 1. The van der Waals surface area contributed by atoms with Gasteiger partial charge in [-0.25, -0.2) is 24.8 Å². The molecule has 0 saturated carbocycles. The lowest BCUT2D eigenvalue weighted by atomic mass is 9.97. The van der Waals surface area contributed by atoms with E-state index in [1.807, 2.05) is 37.3 Å². The molecule has 0 radical (unpaired) electrons. The minimum absolute atomic E-state index is 0.159. The van der Waals surface area contributed by atoms with Crippen molar-refractivity contribution in [2.24, 2.45) is 0 Å². The van der Waals surface area contributed by atoms with Crippen molar-refractivity contribution in [3.8, 4) is 0 Å². The molecule has 3 heterocycles. The number of rotatable bonds is 6. The average molecular weight is 521 g/mol. The Bertz CT molecular complexity index is 1190. The van der Waals surface area contributed by atoms with E-state index in [9.17, 15) is 22.8 Å². The summed E-state index contributed by atoms with van der Waals surface area (Å²) in [6.45, 7) is 7.73. The number of benzene rings is 1. The van der Waals surface area contributed by atoms with E-state index in [1.165, 1.54) is 0 Å². The third-order valence-corrected chi connectivity index (χ3v) is 5.87. The number of aliphatic carboxylic acids is 1. The molecular weight excluding hydrogens is 495 g/mol. The quantitative estimate of drug-likeness (QED) is 0.327. The van der Waals surface area contributed by atoms with Gasteiger partial charge in [0.15, 0.2) is 0 Å². The predicted octanol–water partition coefficient (Wildman–Crippen LogP) is 1.37. The van der Waals surface area contributed by atoms with E-state index >= 15 is 0 Å². The number of carboxylic acids is 1. The van der Waals surface area contributed by atoms with Crippen LogP contribution in [0.25, 0.3) is 5.70 Å². The Morgan fingerprint density at radius 3 is 2.19 bits per heavy atom. The summed E-state index contributed by atoms with van der Waals surface area (Å²) in [6.07, 6.45) is -2.18. The first-order valence-corrected chi connectivity index (χ1v) is 11.4. The number of nitrogens with one attached hydrogen (secondary N) is 2. The molecule has 2 N–H and O–H groups in total. The number of hydrogen-bond acceptors (Lipinski definition) is 8. The molecule has 4 rings (SSSR count). The lowest BCUT2D eigenvalue weighted by molar-refractivity contribution is -0.566. The number of nitrogens with zero attached hydrogens (tertiary/aromatic N) is 1. The number of carbonyl (C=O) groups excluding carboxylic acids is 3. The van der Waals surface area contributed by atoms with E-state index in [1.54, 1.807) is 13.0 Å². The summed E-state index contributed by atoms with van der Waals surface area (Å²) in [7, 11) is 0. The van der Waals surface area contributed by atoms with E-state index in [-0.39, 0.29) is 30.6 Å². The maximum Gasteiger partial charge on any atom is 0.430 e. The summed E-state index contributed by atoms with van der Waals surface area (Å²) in [5.74, 6) is -2.93. The van der Waals surface area contributed by atoms with Crippen LogP contribution >= 0.6 is 0 Å². The third-order valence-electron chi connectivity index (χ3n) is 5.87. The number of carbonyl (C=O) groups is 3. The number of guanidine groups is 1. The standard InChI is InChI=1S/C23H25N3O4.C2HF3O2/c1-4-13-30-21(27)18-14(3)24-23-25-20(15-9-7-6-8-10-15)19(22(28)29-5-2)17-12-11-16(18)26(17)23;3-2(4,5)1(6)7/h4,6-10,16-17H,1,5,11-13H2,2-3H3,(H,24,25,27,28);(H,6,7)/t16-,17+;/m0./s1. The van der Waals surface area contributed by atoms with Crippen molar-refractivity contribution in [1.82, 2.24) is 10.6 Å². The monoisotopic (exact) mass is 521 g/mol. The molecule has 3 aliphatic rings. The molecule has 12 heteroatoms. The number of esters is 2. The van der Waals surface area contributed by atoms with Crippen molar-refractivity contribution in [3.63, 3.8) is 0 Å². The third kappa shape index (κ3) is 5.84. The van der Waals surface area contributed by atoms with Gasteiger partial charge >= 0.3 is 24.1 Å². The van der Waals surface area contributed by atoms with E-state index in [4.69, 9.17) is 19.4 Å². The van der Waals surface area contributed by atoms with Crippen molar-refractivity contribution >= 4 is 29.6 Å². The van der Waals surface area contributed by atoms with Crippen LogP contribution in [-0.2, 0) is 23.9 Å². The van der Waals surface area contributed by atoms with Gasteiger partial charge in [0.1, 0.15) is 41.5 Å². The van der Waals surface area contributed by atoms with Crippen molar-refractivity contribution < 1.29 is 46.7 Å². The number of ether oxygens (including phenoxy) is 2. The molecule has 3 aliphatic heterocycles. The smallest absolute Gasteiger partial charge is 0.430 e. The van der Waals surface area contributed by atoms with Gasteiger partial charge in [-0.05, 0) is 26.7 Å². The molecule has 0 unspecified atom stereocenters. The summed E-state index contributed by atoms with van der Waals surface area (Å²) in [5.41, 5.74) is 3.59. The fraction of sp³-hybridized carbons (Fsp3) is 0.360. The van der Waals surface area contributed by atoms with Crippen LogP contribution in [-0.4, -0.2) is 59.9 Å². The molecule has 0 bridgehead atoms. The van der Waals surface area contributed by atoms with Crippen molar-refractivity contribution in [2.45, 2.75) is 44.9 Å². The van der Waals surface area contributed by atoms with Gasteiger partial charge in [-0.1, -0.05) is 43.0 Å².